The standard InChI is InChI=1S/C16H28N6O2.HI/c1-4-6-17-16(18-12-15(23)20(2)3)22-9-7-21(8-10-22)13-14-5-11-24-19-14;/h5,11H,4,6-10,12-13H2,1-3H3,(H,17,18);1H. The van der Waals surface area contributed by atoms with E-state index in [9.17, 15) is 4.79 Å². The van der Waals surface area contributed by atoms with Gasteiger partial charge in [-0.05, 0) is 6.42 Å². The average Bonchev–Trinajstić information content (AvgIpc) is 3.08. The normalized spacial score (nSPS) is 15.6. The summed E-state index contributed by atoms with van der Waals surface area (Å²) in [5, 5.41) is 7.31. The van der Waals surface area contributed by atoms with Crippen molar-refractivity contribution in [2.75, 3.05) is 53.4 Å². The van der Waals surface area contributed by atoms with Gasteiger partial charge < -0.3 is 19.6 Å². The van der Waals surface area contributed by atoms with E-state index in [0.29, 0.717) is 0 Å². The molecular weight excluding hydrogens is 435 g/mol. The van der Waals surface area contributed by atoms with E-state index >= 15 is 0 Å². The van der Waals surface area contributed by atoms with Gasteiger partial charge in [0.15, 0.2) is 5.96 Å². The highest BCUT2D eigenvalue weighted by Gasteiger charge is 2.20. The Balaban J connectivity index is 0.00000312. The van der Waals surface area contributed by atoms with Crippen LogP contribution in [0.25, 0.3) is 0 Å². The van der Waals surface area contributed by atoms with Gasteiger partial charge in [0.05, 0.1) is 5.69 Å². The fraction of sp³-hybridized carbons (Fsp3) is 0.688. The zero-order valence-corrected chi connectivity index (χ0v) is 17.6. The van der Waals surface area contributed by atoms with Gasteiger partial charge in [-0.25, -0.2) is 4.99 Å². The number of nitrogens with zero attached hydrogens (tertiary/aromatic N) is 5. The second-order valence-corrected chi connectivity index (χ2v) is 6.11. The van der Waals surface area contributed by atoms with E-state index in [1.165, 1.54) is 0 Å². The molecule has 2 heterocycles. The number of hydrogen-bond donors (Lipinski definition) is 1. The molecule has 0 atom stereocenters. The Kier molecular flexibility index (Phi) is 9.79. The van der Waals surface area contributed by atoms with Gasteiger partial charge in [0.25, 0.3) is 0 Å². The Labute approximate surface area is 166 Å². The van der Waals surface area contributed by atoms with E-state index in [2.05, 4.69) is 32.2 Å². The lowest BCUT2D eigenvalue weighted by Gasteiger charge is -2.36. The highest BCUT2D eigenvalue weighted by molar-refractivity contribution is 14.0. The molecule has 8 nitrogen and oxygen atoms in total. The molecule has 25 heavy (non-hydrogen) atoms. The van der Waals surface area contributed by atoms with E-state index in [0.717, 1.165) is 57.3 Å². The second kappa shape index (κ2) is 11.3. The van der Waals surface area contributed by atoms with Gasteiger partial charge in [0.2, 0.25) is 5.91 Å². The van der Waals surface area contributed by atoms with Gasteiger partial charge >= 0.3 is 0 Å². The number of guanidine groups is 1. The first-order chi connectivity index (χ1) is 11.6. The van der Waals surface area contributed by atoms with Crippen LogP contribution in [0.15, 0.2) is 21.8 Å². The first-order valence-electron chi connectivity index (χ1n) is 8.45. The van der Waals surface area contributed by atoms with Crippen LogP contribution >= 0.6 is 24.0 Å². The van der Waals surface area contributed by atoms with Crippen molar-refractivity contribution in [1.29, 1.82) is 0 Å². The third kappa shape index (κ3) is 7.18. The zero-order valence-electron chi connectivity index (χ0n) is 15.3. The molecule has 0 radical (unpaired) electrons. The Morgan fingerprint density at radius 1 is 1.36 bits per heavy atom. The van der Waals surface area contributed by atoms with Crippen molar-refractivity contribution < 1.29 is 9.32 Å². The Bertz CT molecular complexity index is 527. The zero-order chi connectivity index (χ0) is 17.4. The highest BCUT2D eigenvalue weighted by atomic mass is 127. The lowest BCUT2D eigenvalue weighted by Crippen LogP contribution is -2.52. The molecule has 0 unspecified atom stereocenters. The molecule has 1 aromatic heterocycles. The largest absolute Gasteiger partial charge is 0.364 e. The molecule has 9 heteroatoms. The summed E-state index contributed by atoms with van der Waals surface area (Å²) in [6.07, 6.45) is 2.62. The molecule has 1 aliphatic heterocycles. The molecule has 1 N–H and O–H groups in total. The molecule has 1 aromatic rings. The molecular formula is C16H29IN6O2. The van der Waals surface area contributed by atoms with Crippen LogP contribution in [-0.2, 0) is 11.3 Å². The van der Waals surface area contributed by atoms with Crippen LogP contribution in [0.2, 0.25) is 0 Å². The SMILES string of the molecule is CCCNC(=NCC(=O)N(C)C)N1CCN(Cc2ccon2)CC1.I. The molecule has 0 bridgehead atoms. The van der Waals surface area contributed by atoms with Crippen molar-refractivity contribution in [3.8, 4) is 0 Å². The van der Waals surface area contributed by atoms with Crippen LogP contribution < -0.4 is 5.32 Å². The van der Waals surface area contributed by atoms with E-state index < -0.39 is 0 Å². The van der Waals surface area contributed by atoms with Gasteiger partial charge in [0.1, 0.15) is 12.8 Å². The number of aromatic nitrogens is 1. The number of nitrogens with one attached hydrogen (secondary N) is 1. The van der Waals surface area contributed by atoms with Crippen molar-refractivity contribution in [2.45, 2.75) is 19.9 Å². The fourth-order valence-corrected chi connectivity index (χ4v) is 2.45. The Morgan fingerprint density at radius 3 is 2.64 bits per heavy atom. The van der Waals surface area contributed by atoms with Gasteiger partial charge in [-0.2, -0.15) is 0 Å². The number of amides is 1. The Hall–Kier alpha value is -1.36. The van der Waals surface area contributed by atoms with Crippen molar-refractivity contribution in [3.05, 3.63) is 18.0 Å². The summed E-state index contributed by atoms with van der Waals surface area (Å²) in [5.41, 5.74) is 0.957. The van der Waals surface area contributed by atoms with E-state index in [-0.39, 0.29) is 36.4 Å². The van der Waals surface area contributed by atoms with Crippen molar-refractivity contribution >= 4 is 35.8 Å². The minimum absolute atomic E-state index is 0. The first kappa shape index (κ1) is 21.7. The van der Waals surface area contributed by atoms with Crippen LogP contribution in [-0.4, -0.2) is 85.1 Å². The van der Waals surface area contributed by atoms with Gasteiger partial charge in [0, 0.05) is 59.4 Å². The number of halogens is 1. The molecule has 0 aliphatic carbocycles. The Morgan fingerprint density at radius 2 is 2.08 bits per heavy atom. The average molecular weight is 464 g/mol. The van der Waals surface area contributed by atoms with E-state index in [4.69, 9.17) is 4.52 Å². The predicted molar refractivity (Wildman–Crippen MR) is 108 cm³/mol. The molecule has 1 aliphatic rings. The molecule has 1 fully saturated rings. The smallest absolute Gasteiger partial charge is 0.243 e. The van der Waals surface area contributed by atoms with E-state index in [1.807, 2.05) is 6.07 Å². The molecule has 142 valence electrons. The molecule has 1 amide bonds. The summed E-state index contributed by atoms with van der Waals surface area (Å²) in [5.74, 6) is 0.837. The summed E-state index contributed by atoms with van der Waals surface area (Å²) in [7, 11) is 3.50. The van der Waals surface area contributed by atoms with Gasteiger partial charge in [-0.1, -0.05) is 12.1 Å². The third-order valence-electron chi connectivity index (χ3n) is 3.94. The quantitative estimate of drug-likeness (QED) is 0.382. The molecule has 0 spiro atoms. The lowest BCUT2D eigenvalue weighted by molar-refractivity contribution is -0.127. The second-order valence-electron chi connectivity index (χ2n) is 6.11. The summed E-state index contributed by atoms with van der Waals surface area (Å²) in [4.78, 5) is 22.4. The molecule has 1 saturated heterocycles. The van der Waals surface area contributed by atoms with Crippen LogP contribution in [0.3, 0.4) is 0 Å². The maximum atomic E-state index is 11.8. The van der Waals surface area contributed by atoms with Crippen LogP contribution in [0.5, 0.6) is 0 Å². The molecule has 0 aromatic carbocycles. The summed E-state index contributed by atoms with van der Waals surface area (Å²) in [6.45, 7) is 7.58. The number of hydrogen-bond acceptors (Lipinski definition) is 5. The molecule has 2 rings (SSSR count). The third-order valence-corrected chi connectivity index (χ3v) is 3.94. The number of carbonyl (C=O) groups is 1. The van der Waals surface area contributed by atoms with Crippen molar-refractivity contribution in [3.63, 3.8) is 0 Å². The summed E-state index contributed by atoms with van der Waals surface area (Å²) in [6, 6.07) is 1.90. The maximum Gasteiger partial charge on any atom is 0.243 e. The first-order valence-corrected chi connectivity index (χ1v) is 8.45. The fourth-order valence-electron chi connectivity index (χ4n) is 2.45. The summed E-state index contributed by atoms with van der Waals surface area (Å²) >= 11 is 0. The number of carbonyl (C=O) groups excluding carboxylic acids is 1. The minimum Gasteiger partial charge on any atom is -0.364 e. The number of rotatable bonds is 6. The van der Waals surface area contributed by atoms with Crippen LogP contribution in [0.4, 0.5) is 0 Å². The minimum atomic E-state index is 0. The monoisotopic (exact) mass is 464 g/mol. The number of likely N-dealkylation sites (N-methyl/N-ethyl adjacent to an activating group) is 1. The van der Waals surface area contributed by atoms with Gasteiger partial charge in [-0.15, -0.1) is 24.0 Å². The maximum absolute atomic E-state index is 11.8. The number of aliphatic imine (C=N–C) groups is 1. The number of piperazine rings is 1. The van der Waals surface area contributed by atoms with Crippen molar-refractivity contribution in [1.82, 2.24) is 25.2 Å². The van der Waals surface area contributed by atoms with Crippen molar-refractivity contribution in [2.24, 2.45) is 4.99 Å². The molecule has 0 saturated carbocycles. The van der Waals surface area contributed by atoms with Crippen LogP contribution in [0.1, 0.15) is 19.0 Å². The topological polar surface area (TPSA) is 77.2 Å². The lowest BCUT2D eigenvalue weighted by atomic mass is 10.3. The van der Waals surface area contributed by atoms with E-state index in [1.54, 1.807) is 25.3 Å². The van der Waals surface area contributed by atoms with Gasteiger partial charge in [-0.3, -0.25) is 9.69 Å². The summed E-state index contributed by atoms with van der Waals surface area (Å²) < 4.78 is 4.88. The van der Waals surface area contributed by atoms with Crippen LogP contribution in [0, 0.1) is 0 Å². The predicted octanol–water partition coefficient (Wildman–Crippen LogP) is 0.854. The highest BCUT2D eigenvalue weighted by Crippen LogP contribution is 2.07.